The molecule has 0 radical (unpaired) electrons. The van der Waals surface area contributed by atoms with Gasteiger partial charge in [-0.05, 0) is 44.3 Å². The van der Waals surface area contributed by atoms with Gasteiger partial charge >= 0.3 is 0 Å². The van der Waals surface area contributed by atoms with Gasteiger partial charge in [0, 0.05) is 23.6 Å². The smallest absolute Gasteiger partial charge is 0.220 e. The molecule has 0 unspecified atom stereocenters. The van der Waals surface area contributed by atoms with Crippen molar-refractivity contribution in [1.82, 2.24) is 10.6 Å². The van der Waals surface area contributed by atoms with Crippen molar-refractivity contribution < 1.29 is 9.53 Å². The number of carbonyl (C=O) groups is 1. The molecule has 0 spiro atoms. The zero-order valence-electron chi connectivity index (χ0n) is 11.6. The number of nitrogens with one attached hydrogen (secondary N) is 2. The first-order chi connectivity index (χ1) is 9.26. The predicted molar refractivity (Wildman–Crippen MR) is 79.9 cm³/mol. The average Bonchev–Trinajstić information content (AvgIpc) is 2.44. The summed E-state index contributed by atoms with van der Waals surface area (Å²) in [6.45, 7) is 1.67. The predicted octanol–water partition coefficient (Wildman–Crippen LogP) is 1.90. The Morgan fingerprint density at radius 1 is 1.26 bits per heavy atom. The lowest BCUT2D eigenvalue weighted by Crippen LogP contribution is -2.26. The highest BCUT2D eigenvalue weighted by Crippen LogP contribution is 2.21. The molecule has 0 heterocycles. The van der Waals surface area contributed by atoms with Gasteiger partial charge in [0.2, 0.25) is 5.91 Å². The fourth-order valence-corrected chi connectivity index (χ4v) is 2.37. The zero-order chi connectivity index (χ0) is 13.9. The van der Waals surface area contributed by atoms with Crippen molar-refractivity contribution in [1.29, 1.82) is 0 Å². The van der Waals surface area contributed by atoms with E-state index in [4.69, 9.17) is 4.74 Å². The van der Waals surface area contributed by atoms with Crippen molar-refractivity contribution in [3.63, 3.8) is 0 Å². The molecule has 19 heavy (non-hydrogen) atoms. The van der Waals surface area contributed by atoms with Gasteiger partial charge in [-0.15, -0.1) is 11.8 Å². The second kappa shape index (κ2) is 9.69. The number of methoxy groups -OCH3 is 1. The molecule has 0 aliphatic heterocycles. The number of amides is 1. The first-order valence-electron chi connectivity index (χ1n) is 6.44. The van der Waals surface area contributed by atoms with E-state index in [1.54, 1.807) is 18.9 Å². The van der Waals surface area contributed by atoms with Crippen LogP contribution in [0.3, 0.4) is 0 Å². The van der Waals surface area contributed by atoms with E-state index < -0.39 is 0 Å². The summed E-state index contributed by atoms with van der Waals surface area (Å²) >= 11 is 1.68. The molecule has 4 nitrogen and oxygen atoms in total. The van der Waals surface area contributed by atoms with Gasteiger partial charge in [-0.1, -0.05) is 0 Å². The van der Waals surface area contributed by atoms with E-state index in [-0.39, 0.29) is 5.91 Å². The molecule has 2 N–H and O–H groups in total. The lowest BCUT2D eigenvalue weighted by molar-refractivity contribution is -0.120. The van der Waals surface area contributed by atoms with Crippen LogP contribution in [0.1, 0.15) is 12.8 Å². The van der Waals surface area contributed by atoms with Crippen LogP contribution < -0.4 is 15.4 Å². The van der Waals surface area contributed by atoms with Crippen LogP contribution in [-0.2, 0) is 4.79 Å². The molecule has 0 bridgehead atoms. The molecule has 0 atom stereocenters. The van der Waals surface area contributed by atoms with E-state index >= 15 is 0 Å². The summed E-state index contributed by atoms with van der Waals surface area (Å²) in [7, 11) is 3.56. The molecule has 0 saturated heterocycles. The van der Waals surface area contributed by atoms with Gasteiger partial charge in [-0.3, -0.25) is 4.79 Å². The number of hydrogen-bond donors (Lipinski definition) is 2. The molecule has 106 valence electrons. The van der Waals surface area contributed by atoms with E-state index in [2.05, 4.69) is 10.6 Å². The summed E-state index contributed by atoms with van der Waals surface area (Å²) in [5, 5.41) is 5.96. The Kier molecular flexibility index (Phi) is 8.09. The summed E-state index contributed by atoms with van der Waals surface area (Å²) in [4.78, 5) is 12.7. The van der Waals surface area contributed by atoms with E-state index in [1.165, 1.54) is 0 Å². The highest BCUT2D eigenvalue weighted by molar-refractivity contribution is 7.99. The molecule has 1 aromatic rings. The zero-order valence-corrected chi connectivity index (χ0v) is 12.4. The maximum absolute atomic E-state index is 11.5. The van der Waals surface area contributed by atoms with Gasteiger partial charge in [0.25, 0.3) is 0 Å². The summed E-state index contributed by atoms with van der Waals surface area (Å²) in [6.07, 6.45) is 1.52. The normalized spacial score (nSPS) is 10.2. The molecule has 5 heteroatoms. The third-order valence-corrected chi connectivity index (χ3v) is 3.60. The largest absolute Gasteiger partial charge is 0.497 e. The molecule has 0 fully saturated rings. The minimum absolute atomic E-state index is 0.122. The van der Waals surface area contributed by atoms with Crippen LogP contribution in [0, 0.1) is 0 Å². The molecular weight excluding hydrogens is 260 g/mol. The van der Waals surface area contributed by atoms with Crippen molar-refractivity contribution in [2.24, 2.45) is 0 Å². The average molecular weight is 282 g/mol. The van der Waals surface area contributed by atoms with Crippen LogP contribution in [-0.4, -0.2) is 38.9 Å². The summed E-state index contributed by atoms with van der Waals surface area (Å²) in [5.74, 6) is 1.77. The molecule has 0 aliphatic carbocycles. The summed E-state index contributed by atoms with van der Waals surface area (Å²) in [5.41, 5.74) is 0. The quantitative estimate of drug-likeness (QED) is 0.536. The van der Waals surface area contributed by atoms with E-state index in [0.717, 1.165) is 35.9 Å². The van der Waals surface area contributed by atoms with Gasteiger partial charge in [0.15, 0.2) is 0 Å². The van der Waals surface area contributed by atoms with E-state index in [1.807, 2.05) is 31.3 Å². The highest BCUT2D eigenvalue weighted by Gasteiger charge is 2.01. The lowest BCUT2D eigenvalue weighted by Gasteiger charge is -2.05. The Bertz CT molecular complexity index is 368. The fourth-order valence-electron chi connectivity index (χ4n) is 1.51. The number of benzene rings is 1. The van der Waals surface area contributed by atoms with Crippen molar-refractivity contribution in [3.8, 4) is 5.75 Å². The summed E-state index contributed by atoms with van der Waals surface area (Å²) < 4.78 is 5.10. The Balaban J connectivity index is 2.13. The molecule has 0 saturated carbocycles. The molecule has 1 amide bonds. The first kappa shape index (κ1) is 15.9. The van der Waals surface area contributed by atoms with E-state index in [0.29, 0.717) is 6.42 Å². The van der Waals surface area contributed by atoms with E-state index in [9.17, 15) is 4.79 Å². The van der Waals surface area contributed by atoms with Gasteiger partial charge in [0.05, 0.1) is 7.11 Å². The topological polar surface area (TPSA) is 50.4 Å². The van der Waals surface area contributed by atoms with Crippen LogP contribution >= 0.6 is 11.8 Å². The second-order valence-electron chi connectivity index (χ2n) is 4.08. The van der Waals surface area contributed by atoms with Crippen molar-refractivity contribution in [3.05, 3.63) is 24.3 Å². The maximum atomic E-state index is 11.5. The monoisotopic (exact) mass is 282 g/mol. The standard InChI is InChI=1S/C14H22N2O2S/c1-15-9-3-10-16-14(17)8-11-19-13-6-4-12(18-2)5-7-13/h4-7,15H,3,8-11H2,1-2H3,(H,16,17). The Morgan fingerprint density at radius 2 is 2.00 bits per heavy atom. The Labute approximate surface area is 119 Å². The van der Waals surface area contributed by atoms with Crippen LogP contribution in [0.4, 0.5) is 0 Å². The number of carbonyl (C=O) groups excluding carboxylic acids is 1. The van der Waals surface area contributed by atoms with Gasteiger partial charge in [-0.25, -0.2) is 0 Å². The molecule has 0 aliphatic rings. The fraction of sp³-hybridized carbons (Fsp3) is 0.500. The molecular formula is C14H22N2O2S. The number of thioether (sulfide) groups is 1. The number of ether oxygens (including phenoxy) is 1. The van der Waals surface area contributed by atoms with Crippen LogP contribution in [0.5, 0.6) is 5.75 Å². The lowest BCUT2D eigenvalue weighted by atomic mass is 10.3. The third-order valence-electron chi connectivity index (χ3n) is 2.58. The molecule has 1 aromatic carbocycles. The van der Waals surface area contributed by atoms with Gasteiger partial charge < -0.3 is 15.4 Å². The van der Waals surface area contributed by atoms with Crippen LogP contribution in [0.25, 0.3) is 0 Å². The minimum atomic E-state index is 0.122. The second-order valence-corrected chi connectivity index (χ2v) is 5.25. The van der Waals surface area contributed by atoms with Crippen molar-refractivity contribution >= 4 is 17.7 Å². The van der Waals surface area contributed by atoms with Crippen molar-refractivity contribution in [2.45, 2.75) is 17.7 Å². The molecule has 1 rings (SSSR count). The Hall–Kier alpha value is -1.20. The Morgan fingerprint density at radius 3 is 2.63 bits per heavy atom. The minimum Gasteiger partial charge on any atom is -0.497 e. The highest BCUT2D eigenvalue weighted by atomic mass is 32.2. The van der Waals surface area contributed by atoms with Crippen LogP contribution in [0.15, 0.2) is 29.2 Å². The van der Waals surface area contributed by atoms with Crippen LogP contribution in [0.2, 0.25) is 0 Å². The summed E-state index contributed by atoms with van der Waals surface area (Å²) in [6, 6.07) is 7.88. The van der Waals surface area contributed by atoms with Crippen molar-refractivity contribution in [2.75, 3.05) is 33.0 Å². The first-order valence-corrected chi connectivity index (χ1v) is 7.43. The third kappa shape index (κ3) is 7.08. The maximum Gasteiger partial charge on any atom is 0.220 e. The number of hydrogen-bond acceptors (Lipinski definition) is 4. The molecule has 0 aromatic heterocycles. The SMILES string of the molecule is CNCCCNC(=O)CCSc1ccc(OC)cc1. The van der Waals surface area contributed by atoms with Gasteiger partial charge in [-0.2, -0.15) is 0 Å². The van der Waals surface area contributed by atoms with Gasteiger partial charge in [0.1, 0.15) is 5.75 Å². The number of rotatable bonds is 9.